The van der Waals surface area contributed by atoms with Gasteiger partial charge < -0.3 is 9.84 Å². The van der Waals surface area contributed by atoms with Crippen molar-refractivity contribution in [2.75, 3.05) is 19.8 Å². The normalized spacial score (nSPS) is 13.5. The van der Waals surface area contributed by atoms with Crippen LogP contribution in [0.2, 0.25) is 0 Å². The monoisotopic (exact) mass is 242 g/mol. The highest BCUT2D eigenvalue weighted by Crippen LogP contribution is 2.41. The summed E-state index contributed by atoms with van der Waals surface area (Å²) < 4.78 is 5.76. The van der Waals surface area contributed by atoms with Crippen molar-refractivity contribution in [2.24, 2.45) is 10.8 Å². The number of aliphatic hydroxyl groups excluding tert-OH is 1. The van der Waals surface area contributed by atoms with Crippen LogP contribution >= 0.6 is 0 Å². The maximum Gasteiger partial charge on any atom is 0.0612 e. The summed E-state index contributed by atoms with van der Waals surface area (Å²) >= 11 is 0. The molecule has 0 aromatic heterocycles. The first-order valence-electron chi connectivity index (χ1n) is 6.71. The number of hydrogen-bond donors (Lipinski definition) is 1. The van der Waals surface area contributed by atoms with Crippen LogP contribution in [0.1, 0.15) is 53.9 Å². The lowest BCUT2D eigenvalue weighted by Gasteiger charge is -2.41. The van der Waals surface area contributed by atoms with Gasteiger partial charge in [0.25, 0.3) is 0 Å². The molecule has 0 saturated heterocycles. The summed E-state index contributed by atoms with van der Waals surface area (Å²) in [6.45, 7) is 13.0. The molecule has 0 aliphatic rings. The molecule has 0 fully saturated rings. The fourth-order valence-electron chi connectivity index (χ4n) is 1.50. The van der Waals surface area contributed by atoms with E-state index < -0.39 is 0 Å². The van der Waals surface area contributed by atoms with Crippen LogP contribution in [0.3, 0.4) is 0 Å². The van der Waals surface area contributed by atoms with Gasteiger partial charge in [-0.2, -0.15) is 0 Å². The van der Waals surface area contributed by atoms with Gasteiger partial charge in [-0.3, -0.25) is 0 Å². The van der Waals surface area contributed by atoms with Crippen LogP contribution in [0.25, 0.3) is 0 Å². The lowest BCUT2D eigenvalue weighted by molar-refractivity contribution is -0.00849. The summed E-state index contributed by atoms with van der Waals surface area (Å²) in [5.74, 6) is 0. The molecule has 102 valence electrons. The molecule has 17 heavy (non-hydrogen) atoms. The predicted molar refractivity (Wildman–Crippen MR) is 74.1 cm³/mol. The van der Waals surface area contributed by atoms with Crippen molar-refractivity contribution in [2.45, 2.75) is 53.9 Å². The first kappa shape index (κ1) is 16.7. The Labute approximate surface area is 107 Å². The second kappa shape index (κ2) is 7.88. The molecule has 0 atom stereocenters. The van der Waals surface area contributed by atoms with E-state index in [2.05, 4.69) is 40.7 Å². The van der Waals surface area contributed by atoms with Crippen molar-refractivity contribution < 1.29 is 9.84 Å². The highest BCUT2D eigenvalue weighted by molar-refractivity contribution is 4.94. The van der Waals surface area contributed by atoms with E-state index in [4.69, 9.17) is 9.84 Å². The van der Waals surface area contributed by atoms with Gasteiger partial charge in [-0.25, -0.2) is 0 Å². The van der Waals surface area contributed by atoms with Crippen LogP contribution in [-0.4, -0.2) is 24.9 Å². The highest BCUT2D eigenvalue weighted by Gasteiger charge is 2.35. The van der Waals surface area contributed by atoms with Gasteiger partial charge in [-0.05, 0) is 23.7 Å². The van der Waals surface area contributed by atoms with E-state index in [-0.39, 0.29) is 17.4 Å². The van der Waals surface area contributed by atoms with Crippen molar-refractivity contribution in [1.82, 2.24) is 0 Å². The molecule has 0 amide bonds. The molecule has 2 heteroatoms. The Bertz CT molecular complexity index is 217. The highest BCUT2D eigenvalue weighted by atomic mass is 16.5. The molecule has 2 nitrogen and oxygen atoms in total. The van der Waals surface area contributed by atoms with Gasteiger partial charge in [-0.1, -0.05) is 53.2 Å². The summed E-state index contributed by atoms with van der Waals surface area (Å²) in [5.41, 5.74) is 0.311. The largest absolute Gasteiger partial charge is 0.392 e. The standard InChI is InChI=1S/C15H30O2/c1-6-7-12-17-13-15(4,5)14(2,3)10-8-9-11-16/h8-9,16H,6-7,10-13H2,1-5H3/b9-8+. The Hall–Kier alpha value is -0.340. The van der Waals surface area contributed by atoms with E-state index in [9.17, 15) is 0 Å². The van der Waals surface area contributed by atoms with Gasteiger partial charge >= 0.3 is 0 Å². The fourth-order valence-corrected chi connectivity index (χ4v) is 1.50. The maximum absolute atomic E-state index is 8.75. The zero-order chi connectivity index (χ0) is 13.4. The number of aliphatic hydroxyl groups is 1. The van der Waals surface area contributed by atoms with E-state index in [1.54, 1.807) is 0 Å². The first-order chi connectivity index (χ1) is 7.87. The van der Waals surface area contributed by atoms with Crippen LogP contribution in [-0.2, 0) is 4.74 Å². The number of hydrogen-bond acceptors (Lipinski definition) is 2. The Morgan fingerprint density at radius 3 is 2.24 bits per heavy atom. The second-order valence-corrected chi connectivity index (χ2v) is 6.03. The van der Waals surface area contributed by atoms with Crippen LogP contribution in [0.4, 0.5) is 0 Å². The van der Waals surface area contributed by atoms with Gasteiger partial charge in [0.1, 0.15) is 0 Å². The van der Waals surface area contributed by atoms with Crippen LogP contribution in [0, 0.1) is 10.8 Å². The molecule has 0 bridgehead atoms. The second-order valence-electron chi connectivity index (χ2n) is 6.03. The molecular formula is C15H30O2. The third-order valence-electron chi connectivity index (χ3n) is 3.84. The average molecular weight is 242 g/mol. The molecule has 0 aliphatic heterocycles. The van der Waals surface area contributed by atoms with Crippen molar-refractivity contribution in [3.8, 4) is 0 Å². The summed E-state index contributed by atoms with van der Waals surface area (Å²) in [7, 11) is 0. The summed E-state index contributed by atoms with van der Waals surface area (Å²) in [4.78, 5) is 0. The lowest BCUT2D eigenvalue weighted by Crippen LogP contribution is -2.36. The van der Waals surface area contributed by atoms with E-state index in [1.165, 1.54) is 6.42 Å². The number of unbranched alkanes of at least 4 members (excludes halogenated alkanes) is 1. The Morgan fingerprint density at radius 1 is 1.06 bits per heavy atom. The summed E-state index contributed by atoms with van der Waals surface area (Å²) in [6, 6.07) is 0. The lowest BCUT2D eigenvalue weighted by atomic mass is 9.66. The minimum Gasteiger partial charge on any atom is -0.392 e. The molecule has 0 radical (unpaired) electrons. The smallest absolute Gasteiger partial charge is 0.0612 e. The topological polar surface area (TPSA) is 29.5 Å². The van der Waals surface area contributed by atoms with Crippen molar-refractivity contribution >= 4 is 0 Å². The molecule has 0 unspecified atom stereocenters. The SMILES string of the molecule is CCCCOCC(C)(C)C(C)(C)C/C=C/CO. The maximum atomic E-state index is 8.75. The van der Waals surface area contributed by atoms with Gasteiger partial charge in [-0.15, -0.1) is 0 Å². The van der Waals surface area contributed by atoms with Crippen molar-refractivity contribution in [3.05, 3.63) is 12.2 Å². The molecule has 1 N–H and O–H groups in total. The molecule has 0 aromatic carbocycles. The van der Waals surface area contributed by atoms with Crippen molar-refractivity contribution in [1.29, 1.82) is 0 Å². The minimum atomic E-state index is 0.128. The van der Waals surface area contributed by atoms with Crippen LogP contribution in [0.5, 0.6) is 0 Å². The minimum absolute atomic E-state index is 0.128. The van der Waals surface area contributed by atoms with Crippen molar-refractivity contribution in [3.63, 3.8) is 0 Å². The Kier molecular flexibility index (Phi) is 7.73. The predicted octanol–water partition coefficient (Wildman–Crippen LogP) is 3.79. The molecule has 0 heterocycles. The van der Waals surface area contributed by atoms with Crippen LogP contribution in [0.15, 0.2) is 12.2 Å². The molecule has 0 saturated carbocycles. The van der Waals surface area contributed by atoms with Gasteiger partial charge in [0, 0.05) is 6.61 Å². The number of rotatable bonds is 9. The van der Waals surface area contributed by atoms with E-state index in [0.29, 0.717) is 0 Å². The molecule has 0 aromatic rings. The van der Waals surface area contributed by atoms with E-state index in [0.717, 1.165) is 26.1 Å². The Balaban J connectivity index is 4.19. The van der Waals surface area contributed by atoms with Gasteiger partial charge in [0.2, 0.25) is 0 Å². The quantitative estimate of drug-likeness (QED) is 0.492. The number of allylic oxidation sites excluding steroid dienone is 1. The average Bonchev–Trinajstić information content (AvgIpc) is 2.24. The van der Waals surface area contributed by atoms with Gasteiger partial charge in [0.15, 0.2) is 0 Å². The van der Waals surface area contributed by atoms with E-state index >= 15 is 0 Å². The molecule has 0 spiro atoms. The zero-order valence-corrected chi connectivity index (χ0v) is 12.3. The number of ether oxygens (including phenoxy) is 1. The third-order valence-corrected chi connectivity index (χ3v) is 3.84. The first-order valence-corrected chi connectivity index (χ1v) is 6.71. The van der Waals surface area contributed by atoms with Crippen LogP contribution < -0.4 is 0 Å². The zero-order valence-electron chi connectivity index (χ0n) is 12.3. The summed E-state index contributed by atoms with van der Waals surface area (Å²) in [5, 5.41) is 8.75. The van der Waals surface area contributed by atoms with E-state index in [1.807, 2.05) is 6.08 Å². The Morgan fingerprint density at radius 2 is 1.71 bits per heavy atom. The van der Waals surface area contributed by atoms with Gasteiger partial charge in [0.05, 0.1) is 13.2 Å². The molecule has 0 aliphatic carbocycles. The summed E-state index contributed by atoms with van der Waals surface area (Å²) in [6.07, 6.45) is 7.17. The third kappa shape index (κ3) is 6.23. The molecular weight excluding hydrogens is 212 g/mol. The molecule has 0 rings (SSSR count). The fraction of sp³-hybridized carbons (Fsp3) is 0.867.